The van der Waals surface area contributed by atoms with Crippen LogP contribution in [0.1, 0.15) is 18.1 Å². The lowest BCUT2D eigenvalue weighted by Crippen LogP contribution is -2.30. The number of benzene rings is 2. The van der Waals surface area contributed by atoms with Crippen LogP contribution in [0, 0.1) is 5.82 Å². The Bertz CT molecular complexity index is 633. The number of amides is 1. The second-order valence-corrected chi connectivity index (χ2v) is 6.63. The maximum absolute atomic E-state index is 12.8. The number of hydrogen-bond donors (Lipinski definition) is 1. The fourth-order valence-electron chi connectivity index (χ4n) is 1.85. The molecule has 0 saturated heterocycles. The Labute approximate surface area is 139 Å². The smallest absolute Gasteiger partial charge is 0.233 e. The second-order valence-electron chi connectivity index (χ2n) is 4.89. The lowest BCUT2D eigenvalue weighted by Gasteiger charge is -2.12. The molecule has 1 amide bonds. The van der Waals surface area contributed by atoms with Gasteiger partial charge in [-0.2, -0.15) is 0 Å². The molecule has 0 bridgehead atoms. The number of thioether (sulfide) groups is 1. The van der Waals surface area contributed by atoms with Crippen LogP contribution in [0.25, 0.3) is 0 Å². The number of halogens is 2. The summed E-state index contributed by atoms with van der Waals surface area (Å²) in [6, 6.07) is 13.8. The van der Waals surface area contributed by atoms with E-state index in [9.17, 15) is 9.18 Å². The Morgan fingerprint density at radius 3 is 2.59 bits per heavy atom. The second kappa shape index (κ2) is 8.20. The maximum atomic E-state index is 12.8. The van der Waals surface area contributed by atoms with Crippen LogP contribution in [0.2, 0.25) is 5.02 Å². The highest BCUT2D eigenvalue weighted by Gasteiger charge is 2.13. The predicted octanol–water partition coefficient (Wildman–Crippen LogP) is 4.42. The van der Waals surface area contributed by atoms with Crippen molar-refractivity contribution in [3.05, 3.63) is 70.5 Å². The Morgan fingerprint density at radius 1 is 1.23 bits per heavy atom. The molecule has 0 fully saturated rings. The van der Waals surface area contributed by atoms with Gasteiger partial charge in [0.25, 0.3) is 0 Å². The van der Waals surface area contributed by atoms with Gasteiger partial charge in [-0.05, 0) is 36.2 Å². The molecule has 5 heteroatoms. The van der Waals surface area contributed by atoms with E-state index in [1.54, 1.807) is 18.2 Å². The summed E-state index contributed by atoms with van der Waals surface area (Å²) in [6.45, 7) is 2.27. The van der Waals surface area contributed by atoms with Crippen LogP contribution >= 0.6 is 23.4 Å². The molecule has 0 heterocycles. The molecule has 2 nitrogen and oxygen atoms in total. The number of nitrogens with one attached hydrogen (secondary N) is 1. The third-order valence-electron chi connectivity index (χ3n) is 3.19. The van der Waals surface area contributed by atoms with Crippen LogP contribution in [0.3, 0.4) is 0 Å². The van der Waals surface area contributed by atoms with Crippen LogP contribution < -0.4 is 5.32 Å². The first-order chi connectivity index (χ1) is 10.6. The normalized spacial score (nSPS) is 12.0. The first-order valence-corrected chi connectivity index (χ1v) is 8.36. The van der Waals surface area contributed by atoms with Crippen molar-refractivity contribution in [1.82, 2.24) is 5.32 Å². The topological polar surface area (TPSA) is 29.1 Å². The fourth-order valence-corrected chi connectivity index (χ4v) is 2.92. The van der Waals surface area contributed by atoms with E-state index in [1.807, 2.05) is 25.1 Å². The Kier molecular flexibility index (Phi) is 6.28. The summed E-state index contributed by atoms with van der Waals surface area (Å²) < 4.78 is 12.8. The predicted molar refractivity (Wildman–Crippen MR) is 90.5 cm³/mol. The molecule has 1 unspecified atom stereocenters. The van der Waals surface area contributed by atoms with Gasteiger partial charge in [-0.1, -0.05) is 41.9 Å². The zero-order valence-corrected chi connectivity index (χ0v) is 13.8. The molecule has 0 aliphatic heterocycles. The van der Waals surface area contributed by atoms with Gasteiger partial charge in [0.15, 0.2) is 0 Å². The molecule has 1 N–H and O–H groups in total. The summed E-state index contributed by atoms with van der Waals surface area (Å²) in [5, 5.41) is 3.34. The van der Waals surface area contributed by atoms with Crippen molar-refractivity contribution in [2.45, 2.75) is 24.5 Å². The summed E-state index contributed by atoms with van der Waals surface area (Å²) in [5.74, 6) is 0.382. The molecular formula is C17H17ClFNOS. The third-order valence-corrected chi connectivity index (χ3v) is 4.78. The van der Waals surface area contributed by atoms with E-state index in [2.05, 4.69) is 5.32 Å². The van der Waals surface area contributed by atoms with Gasteiger partial charge in [-0.25, -0.2) is 4.39 Å². The molecule has 1 atom stereocenters. The molecular weight excluding hydrogens is 321 g/mol. The number of carbonyl (C=O) groups excluding carboxylic acids is 1. The van der Waals surface area contributed by atoms with Gasteiger partial charge in [0.2, 0.25) is 5.91 Å². The highest BCUT2D eigenvalue weighted by Crippen LogP contribution is 2.19. The summed E-state index contributed by atoms with van der Waals surface area (Å²) in [7, 11) is 0. The molecule has 0 aliphatic rings. The van der Waals surface area contributed by atoms with Crippen LogP contribution in [-0.2, 0) is 17.1 Å². The van der Waals surface area contributed by atoms with E-state index in [4.69, 9.17) is 11.6 Å². The highest BCUT2D eigenvalue weighted by atomic mass is 35.5. The monoisotopic (exact) mass is 337 g/mol. The van der Waals surface area contributed by atoms with Crippen LogP contribution in [0.4, 0.5) is 4.39 Å². The summed E-state index contributed by atoms with van der Waals surface area (Å²) in [4.78, 5) is 12.1. The first-order valence-electron chi connectivity index (χ1n) is 6.93. The lowest BCUT2D eigenvalue weighted by atomic mass is 10.2. The van der Waals surface area contributed by atoms with Gasteiger partial charge < -0.3 is 5.32 Å². The number of rotatable bonds is 6. The van der Waals surface area contributed by atoms with Crippen LogP contribution in [0.15, 0.2) is 48.5 Å². The van der Waals surface area contributed by atoms with Crippen molar-refractivity contribution < 1.29 is 9.18 Å². The molecule has 0 aliphatic carbocycles. The summed E-state index contributed by atoms with van der Waals surface area (Å²) in [5.41, 5.74) is 1.89. The lowest BCUT2D eigenvalue weighted by molar-refractivity contribution is -0.120. The number of hydrogen-bond acceptors (Lipinski definition) is 2. The zero-order chi connectivity index (χ0) is 15.9. The van der Waals surface area contributed by atoms with E-state index in [0.29, 0.717) is 17.3 Å². The van der Waals surface area contributed by atoms with E-state index < -0.39 is 0 Å². The average molecular weight is 338 g/mol. The molecule has 2 rings (SSSR count). The minimum atomic E-state index is -0.251. The van der Waals surface area contributed by atoms with Crippen molar-refractivity contribution in [1.29, 1.82) is 0 Å². The molecule has 0 spiro atoms. The Hall–Kier alpha value is -1.52. The van der Waals surface area contributed by atoms with E-state index in [-0.39, 0.29) is 17.0 Å². The molecule has 2 aromatic carbocycles. The molecule has 22 heavy (non-hydrogen) atoms. The Balaban J connectivity index is 1.79. The Morgan fingerprint density at radius 2 is 1.91 bits per heavy atom. The maximum Gasteiger partial charge on any atom is 0.233 e. The largest absolute Gasteiger partial charge is 0.351 e. The van der Waals surface area contributed by atoms with Gasteiger partial charge in [-0.3, -0.25) is 4.79 Å². The van der Waals surface area contributed by atoms with Crippen LogP contribution in [0.5, 0.6) is 0 Å². The minimum Gasteiger partial charge on any atom is -0.351 e. The molecule has 0 aromatic heterocycles. The van der Waals surface area contributed by atoms with Gasteiger partial charge in [0.1, 0.15) is 5.82 Å². The van der Waals surface area contributed by atoms with Crippen molar-refractivity contribution in [2.75, 3.05) is 0 Å². The summed E-state index contributed by atoms with van der Waals surface area (Å²) >= 11 is 7.57. The summed E-state index contributed by atoms with van der Waals surface area (Å²) in [6.07, 6.45) is 0. The van der Waals surface area contributed by atoms with Crippen molar-refractivity contribution in [3.63, 3.8) is 0 Å². The third kappa shape index (κ3) is 5.04. The molecule has 116 valence electrons. The minimum absolute atomic E-state index is 0.0352. The molecule has 2 aromatic rings. The van der Waals surface area contributed by atoms with Crippen molar-refractivity contribution in [2.24, 2.45) is 0 Å². The van der Waals surface area contributed by atoms with Gasteiger partial charge >= 0.3 is 0 Å². The molecule has 0 radical (unpaired) electrons. The van der Waals surface area contributed by atoms with E-state index >= 15 is 0 Å². The molecule has 0 saturated carbocycles. The van der Waals surface area contributed by atoms with Crippen LogP contribution in [-0.4, -0.2) is 11.2 Å². The first kappa shape index (κ1) is 16.8. The van der Waals surface area contributed by atoms with Gasteiger partial charge in [0, 0.05) is 17.3 Å². The fraction of sp³-hybridized carbons (Fsp3) is 0.235. The van der Waals surface area contributed by atoms with Crippen molar-refractivity contribution >= 4 is 29.3 Å². The zero-order valence-electron chi connectivity index (χ0n) is 12.2. The highest BCUT2D eigenvalue weighted by molar-refractivity contribution is 7.99. The average Bonchev–Trinajstić information content (AvgIpc) is 2.53. The van der Waals surface area contributed by atoms with E-state index in [0.717, 1.165) is 11.1 Å². The van der Waals surface area contributed by atoms with E-state index in [1.165, 1.54) is 23.9 Å². The van der Waals surface area contributed by atoms with Crippen molar-refractivity contribution in [3.8, 4) is 0 Å². The van der Waals surface area contributed by atoms with Gasteiger partial charge in [-0.15, -0.1) is 11.8 Å². The quantitative estimate of drug-likeness (QED) is 0.845. The standard InChI is InChI=1S/C17H17ClFNOS/c1-12(22-11-13-6-8-15(19)9-7-13)17(21)20-10-14-4-2-3-5-16(14)18/h2-9,12H,10-11H2,1H3,(H,20,21). The van der Waals surface area contributed by atoms with Gasteiger partial charge in [0.05, 0.1) is 5.25 Å². The number of carbonyl (C=O) groups is 1. The SMILES string of the molecule is CC(SCc1ccc(F)cc1)C(=O)NCc1ccccc1Cl.